The molecule has 0 aromatic rings. The lowest BCUT2D eigenvalue weighted by Gasteiger charge is -2.00. The minimum Gasteiger partial charge on any atom is -0.393 e. The van der Waals surface area contributed by atoms with Crippen LogP contribution >= 0.6 is 0 Å². The Hall–Kier alpha value is -0.740. The largest absolute Gasteiger partial charge is 0.393 e. The van der Waals surface area contributed by atoms with Crippen molar-refractivity contribution < 1.29 is 19.8 Å². The highest BCUT2D eigenvalue weighted by Crippen LogP contribution is 1.86. The summed E-state index contributed by atoms with van der Waals surface area (Å²) in [5.74, 6) is -0.646. The van der Waals surface area contributed by atoms with E-state index in [0.717, 1.165) is 0 Å². The molecule has 0 saturated carbocycles. The van der Waals surface area contributed by atoms with Crippen LogP contribution in [0.2, 0.25) is 0 Å². The fourth-order valence-electron chi connectivity index (χ4n) is 0.320. The second kappa shape index (κ2) is 4.17. The maximum absolute atomic E-state index is 10.3. The highest BCUT2D eigenvalue weighted by molar-refractivity contribution is 5.92. The van der Waals surface area contributed by atoms with Gasteiger partial charge in [0, 0.05) is 0 Å². The van der Waals surface area contributed by atoms with Gasteiger partial charge in [0.2, 0.25) is 0 Å². The van der Waals surface area contributed by atoms with Gasteiger partial charge in [-0.1, -0.05) is 0 Å². The molecule has 0 aliphatic rings. The fourth-order valence-corrected chi connectivity index (χ4v) is 0.320. The summed E-state index contributed by atoms with van der Waals surface area (Å²) in [5.41, 5.74) is 0. The molecule has 0 aliphatic heterocycles. The van der Waals surface area contributed by atoms with E-state index in [2.05, 4.69) is 0 Å². The van der Waals surface area contributed by atoms with E-state index in [-0.39, 0.29) is 6.42 Å². The van der Waals surface area contributed by atoms with Crippen LogP contribution in [0.3, 0.4) is 0 Å². The Bertz CT molecular complexity index is 110. The average molecular weight is 132 g/mol. The number of aldehydes is 1. The van der Waals surface area contributed by atoms with Gasteiger partial charge in [-0.15, -0.1) is 0 Å². The van der Waals surface area contributed by atoms with E-state index in [1.807, 2.05) is 0 Å². The molecule has 0 saturated heterocycles. The molecule has 4 nitrogen and oxygen atoms in total. The van der Waals surface area contributed by atoms with Crippen LogP contribution < -0.4 is 0 Å². The molecular formula is C5H8O4. The van der Waals surface area contributed by atoms with Gasteiger partial charge in [-0.25, -0.2) is 0 Å². The molecule has 0 aliphatic carbocycles. The Kier molecular flexibility index (Phi) is 3.83. The summed E-state index contributed by atoms with van der Waals surface area (Å²) in [6, 6.07) is 0. The molecule has 0 rings (SSSR count). The van der Waals surface area contributed by atoms with E-state index >= 15 is 0 Å². The predicted octanol–water partition coefficient (Wildman–Crippen LogP) is -1.50. The first kappa shape index (κ1) is 8.26. The molecule has 9 heavy (non-hydrogen) atoms. The minimum absolute atomic E-state index is 0.332. The summed E-state index contributed by atoms with van der Waals surface area (Å²) >= 11 is 0. The topological polar surface area (TPSA) is 74.6 Å². The Balaban J connectivity index is 3.58. The molecule has 0 radical (unpaired) electrons. The number of aliphatic hydroxyl groups is 2. The Labute approximate surface area is 52.1 Å². The van der Waals surface area contributed by atoms with Crippen molar-refractivity contribution in [3.05, 3.63) is 0 Å². The van der Waals surface area contributed by atoms with Gasteiger partial charge in [0.05, 0.1) is 13.0 Å². The summed E-state index contributed by atoms with van der Waals surface area (Å²) in [4.78, 5) is 20.0. The average Bonchev–Trinajstić information content (AvgIpc) is 1.87. The first-order valence-electron chi connectivity index (χ1n) is 2.47. The van der Waals surface area contributed by atoms with E-state index in [1.54, 1.807) is 0 Å². The standard InChI is InChI=1S/C5H8O4/c6-2-1-4(8)5(9)3-7/h2,5,7,9H,1,3H2/t5-/m1/s1. The summed E-state index contributed by atoms with van der Waals surface area (Å²) in [5, 5.41) is 16.6. The minimum atomic E-state index is -1.39. The van der Waals surface area contributed by atoms with Crippen molar-refractivity contribution in [2.24, 2.45) is 0 Å². The van der Waals surface area contributed by atoms with Crippen molar-refractivity contribution in [2.45, 2.75) is 12.5 Å². The van der Waals surface area contributed by atoms with Gasteiger partial charge in [-0.05, 0) is 0 Å². The molecule has 0 bridgehead atoms. The first-order valence-corrected chi connectivity index (χ1v) is 2.47. The molecule has 0 fully saturated rings. The number of ketones is 1. The van der Waals surface area contributed by atoms with Crippen LogP contribution in [-0.4, -0.2) is 35.0 Å². The maximum Gasteiger partial charge on any atom is 0.170 e. The second-order valence-corrected chi connectivity index (χ2v) is 1.54. The second-order valence-electron chi connectivity index (χ2n) is 1.54. The van der Waals surface area contributed by atoms with Gasteiger partial charge in [0.1, 0.15) is 12.4 Å². The van der Waals surface area contributed by atoms with Crippen LogP contribution in [0.1, 0.15) is 6.42 Å². The molecule has 0 spiro atoms. The highest BCUT2D eigenvalue weighted by atomic mass is 16.3. The lowest BCUT2D eigenvalue weighted by atomic mass is 10.2. The third-order valence-corrected chi connectivity index (χ3v) is 0.829. The molecule has 1 atom stereocenters. The monoisotopic (exact) mass is 132 g/mol. The van der Waals surface area contributed by atoms with Gasteiger partial charge < -0.3 is 15.0 Å². The van der Waals surface area contributed by atoms with Crippen molar-refractivity contribution in [1.29, 1.82) is 0 Å². The highest BCUT2D eigenvalue weighted by Gasteiger charge is 2.11. The van der Waals surface area contributed by atoms with E-state index in [1.165, 1.54) is 0 Å². The SMILES string of the molecule is O=CCC(=O)[C@H](O)CO. The van der Waals surface area contributed by atoms with Crippen molar-refractivity contribution >= 4 is 12.1 Å². The maximum atomic E-state index is 10.3. The van der Waals surface area contributed by atoms with Gasteiger partial charge >= 0.3 is 0 Å². The van der Waals surface area contributed by atoms with Crippen LogP contribution in [-0.2, 0) is 9.59 Å². The van der Waals surface area contributed by atoms with Crippen LogP contribution in [0.5, 0.6) is 0 Å². The lowest BCUT2D eigenvalue weighted by molar-refractivity contribution is -0.130. The molecule has 0 aromatic heterocycles. The zero-order chi connectivity index (χ0) is 7.28. The van der Waals surface area contributed by atoms with Gasteiger partial charge in [-0.3, -0.25) is 4.79 Å². The summed E-state index contributed by atoms with van der Waals surface area (Å²) in [6.07, 6.45) is -1.33. The summed E-state index contributed by atoms with van der Waals surface area (Å²) in [6.45, 7) is -0.618. The molecule has 0 aromatic carbocycles. The van der Waals surface area contributed by atoms with Crippen LogP contribution in [0.15, 0.2) is 0 Å². The first-order chi connectivity index (χ1) is 4.22. The van der Waals surface area contributed by atoms with Crippen LogP contribution in [0, 0.1) is 0 Å². The lowest BCUT2D eigenvalue weighted by Crippen LogP contribution is -2.24. The van der Waals surface area contributed by atoms with E-state index < -0.39 is 18.5 Å². The number of rotatable bonds is 4. The number of hydrogen-bond donors (Lipinski definition) is 2. The Morgan fingerprint density at radius 2 is 2.22 bits per heavy atom. The Morgan fingerprint density at radius 3 is 2.56 bits per heavy atom. The molecule has 0 heterocycles. The van der Waals surface area contributed by atoms with E-state index in [4.69, 9.17) is 10.2 Å². The zero-order valence-electron chi connectivity index (χ0n) is 4.78. The third kappa shape index (κ3) is 2.94. The zero-order valence-corrected chi connectivity index (χ0v) is 4.78. The number of hydrogen-bond acceptors (Lipinski definition) is 4. The van der Waals surface area contributed by atoms with Gasteiger partial charge in [0.25, 0.3) is 0 Å². The van der Waals surface area contributed by atoms with E-state index in [9.17, 15) is 9.59 Å². The molecule has 0 unspecified atom stereocenters. The number of aliphatic hydroxyl groups excluding tert-OH is 2. The van der Waals surface area contributed by atoms with Gasteiger partial charge in [-0.2, -0.15) is 0 Å². The quantitative estimate of drug-likeness (QED) is 0.360. The van der Waals surface area contributed by atoms with E-state index in [0.29, 0.717) is 6.29 Å². The molecule has 4 heteroatoms. The molecule has 52 valence electrons. The summed E-state index contributed by atoms with van der Waals surface area (Å²) < 4.78 is 0. The molecular weight excluding hydrogens is 124 g/mol. The van der Waals surface area contributed by atoms with Crippen LogP contribution in [0.4, 0.5) is 0 Å². The normalized spacial score (nSPS) is 12.7. The number of carbonyl (C=O) groups excluding carboxylic acids is 2. The smallest absolute Gasteiger partial charge is 0.170 e. The van der Waals surface area contributed by atoms with Crippen molar-refractivity contribution in [1.82, 2.24) is 0 Å². The van der Waals surface area contributed by atoms with Gasteiger partial charge in [0.15, 0.2) is 5.78 Å². The fraction of sp³-hybridized carbons (Fsp3) is 0.600. The van der Waals surface area contributed by atoms with Crippen LogP contribution in [0.25, 0.3) is 0 Å². The molecule has 2 N–H and O–H groups in total. The number of carbonyl (C=O) groups is 2. The van der Waals surface area contributed by atoms with Crippen molar-refractivity contribution in [3.8, 4) is 0 Å². The predicted molar refractivity (Wildman–Crippen MR) is 28.8 cm³/mol. The summed E-state index contributed by atoms with van der Waals surface area (Å²) in [7, 11) is 0. The van der Waals surface area contributed by atoms with Crippen molar-refractivity contribution in [3.63, 3.8) is 0 Å². The van der Waals surface area contributed by atoms with Crippen molar-refractivity contribution in [2.75, 3.05) is 6.61 Å². The molecule has 0 amide bonds. The Morgan fingerprint density at radius 1 is 1.67 bits per heavy atom. The third-order valence-electron chi connectivity index (χ3n) is 0.829. The number of Topliss-reactive ketones (excluding diaryl/α,β-unsaturated/α-hetero) is 1.